The fourth-order valence-electron chi connectivity index (χ4n) is 2.99. The summed E-state index contributed by atoms with van der Waals surface area (Å²) in [7, 11) is 0. The minimum atomic E-state index is -0.0526. The van der Waals surface area contributed by atoms with E-state index in [1.165, 1.54) is 58.2 Å². The molecule has 0 radical (unpaired) electrons. The molecule has 0 heterocycles. The lowest BCUT2D eigenvalue weighted by Gasteiger charge is -2.20. The van der Waals surface area contributed by atoms with Gasteiger partial charge in [0.05, 0.1) is 0 Å². The van der Waals surface area contributed by atoms with E-state index in [1.54, 1.807) is 12.1 Å². The number of phenols is 2. The zero-order valence-corrected chi connectivity index (χ0v) is 19.8. The molecule has 0 fully saturated rings. The van der Waals surface area contributed by atoms with Crippen LogP contribution in [0, 0.1) is 0 Å². The molecule has 0 saturated carbocycles. The first kappa shape index (κ1) is 27.9. The van der Waals surface area contributed by atoms with E-state index in [9.17, 15) is 10.2 Å². The Labute approximate surface area is 180 Å². The lowest BCUT2D eigenvalue weighted by atomic mass is 10.1. The first-order valence-electron chi connectivity index (χ1n) is 9.61. The molecule has 0 saturated heterocycles. The van der Waals surface area contributed by atoms with Crippen molar-refractivity contribution in [1.29, 1.82) is 0 Å². The fraction of sp³-hybridized carbons (Fsp3) is 0.700. The van der Waals surface area contributed by atoms with Crippen molar-refractivity contribution in [2.45, 2.75) is 58.8 Å². The van der Waals surface area contributed by atoms with Gasteiger partial charge in [0.15, 0.2) is 11.5 Å². The second-order valence-corrected chi connectivity index (χ2v) is 6.58. The number of hydrogen-bond acceptors (Lipinski definition) is 4. The number of hydrogen-bond donors (Lipinski definition) is 3. The number of unbranched alkanes of at least 4 members (excludes halogenated alkanes) is 3. The van der Waals surface area contributed by atoms with Crippen LogP contribution >= 0.6 is 34.0 Å². The molecule has 154 valence electrons. The average molecular weight is 498 g/mol. The first-order chi connectivity index (χ1) is 11.7. The molecule has 1 aromatic rings. The van der Waals surface area contributed by atoms with Crippen molar-refractivity contribution in [2.75, 3.05) is 32.7 Å². The molecular weight excluding hydrogens is 460 g/mol. The minimum Gasteiger partial charge on any atom is -0.504 e. The van der Waals surface area contributed by atoms with Gasteiger partial charge in [-0.1, -0.05) is 32.8 Å². The van der Waals surface area contributed by atoms with Crippen LogP contribution in [0.3, 0.4) is 0 Å². The summed E-state index contributed by atoms with van der Waals surface area (Å²) >= 11 is 0. The Balaban J connectivity index is 0. The Hall–Kier alpha value is -0.300. The van der Waals surface area contributed by atoms with Gasteiger partial charge < -0.3 is 20.4 Å². The van der Waals surface area contributed by atoms with Crippen LogP contribution in [0.15, 0.2) is 18.2 Å². The standard InChI is InChI=1S/C20H36N2O2.2BrH/c1-3-14-22(15-4-2)16-8-6-5-7-12-21-13-11-18-9-10-19(23)20(24)17-18;;/h9-10,17,21,23-24H,3-8,11-16H2,1-2H3;2*1H. The molecule has 1 aromatic carbocycles. The van der Waals surface area contributed by atoms with Crippen molar-refractivity contribution in [3.8, 4) is 11.5 Å². The van der Waals surface area contributed by atoms with Gasteiger partial charge in [-0.2, -0.15) is 0 Å². The van der Waals surface area contributed by atoms with Crippen molar-refractivity contribution < 1.29 is 10.2 Å². The predicted molar refractivity (Wildman–Crippen MR) is 122 cm³/mol. The maximum Gasteiger partial charge on any atom is 0.157 e. The summed E-state index contributed by atoms with van der Waals surface area (Å²) in [6.45, 7) is 10.2. The summed E-state index contributed by atoms with van der Waals surface area (Å²) in [4.78, 5) is 2.59. The largest absolute Gasteiger partial charge is 0.504 e. The number of rotatable bonds is 14. The third-order valence-corrected chi connectivity index (χ3v) is 4.29. The molecule has 0 atom stereocenters. The van der Waals surface area contributed by atoms with Crippen LogP contribution in [0.1, 0.15) is 57.9 Å². The molecule has 0 aliphatic heterocycles. The van der Waals surface area contributed by atoms with Gasteiger partial charge in [-0.3, -0.25) is 0 Å². The zero-order chi connectivity index (χ0) is 17.6. The van der Waals surface area contributed by atoms with Crippen LogP contribution in [0.5, 0.6) is 11.5 Å². The van der Waals surface area contributed by atoms with Gasteiger partial charge >= 0.3 is 0 Å². The SMILES string of the molecule is Br.Br.CCCN(CCC)CCCCCCNCCc1ccc(O)c(O)c1. The first-order valence-corrected chi connectivity index (χ1v) is 9.61. The van der Waals surface area contributed by atoms with Gasteiger partial charge in [0.1, 0.15) is 0 Å². The normalized spacial score (nSPS) is 10.4. The van der Waals surface area contributed by atoms with Gasteiger partial charge in [-0.15, -0.1) is 34.0 Å². The van der Waals surface area contributed by atoms with Crippen molar-refractivity contribution in [3.63, 3.8) is 0 Å². The van der Waals surface area contributed by atoms with E-state index >= 15 is 0 Å². The van der Waals surface area contributed by atoms with Gasteiger partial charge in [0.2, 0.25) is 0 Å². The average Bonchev–Trinajstić information content (AvgIpc) is 2.56. The van der Waals surface area contributed by atoms with Crippen LogP contribution in [-0.4, -0.2) is 47.8 Å². The van der Waals surface area contributed by atoms with Crippen LogP contribution in [0.25, 0.3) is 0 Å². The van der Waals surface area contributed by atoms with E-state index in [-0.39, 0.29) is 45.5 Å². The van der Waals surface area contributed by atoms with Crippen molar-refractivity contribution in [2.24, 2.45) is 0 Å². The van der Waals surface area contributed by atoms with E-state index < -0.39 is 0 Å². The van der Waals surface area contributed by atoms with Crippen molar-refractivity contribution in [3.05, 3.63) is 23.8 Å². The molecule has 6 heteroatoms. The minimum absolute atomic E-state index is 0. The number of phenolic OH excluding ortho intramolecular Hbond substituents is 2. The molecule has 4 nitrogen and oxygen atoms in total. The van der Waals surface area contributed by atoms with Gasteiger partial charge in [0.25, 0.3) is 0 Å². The summed E-state index contributed by atoms with van der Waals surface area (Å²) < 4.78 is 0. The predicted octanol–water partition coefficient (Wildman–Crippen LogP) is 5.07. The van der Waals surface area contributed by atoms with Crippen LogP contribution in [0.2, 0.25) is 0 Å². The number of benzene rings is 1. The van der Waals surface area contributed by atoms with Crippen molar-refractivity contribution >= 4 is 34.0 Å². The molecule has 0 aliphatic carbocycles. The number of nitrogens with zero attached hydrogens (tertiary/aromatic N) is 1. The lowest BCUT2D eigenvalue weighted by molar-refractivity contribution is 0.268. The zero-order valence-electron chi connectivity index (χ0n) is 16.4. The summed E-state index contributed by atoms with van der Waals surface area (Å²) in [6.07, 6.45) is 8.52. The van der Waals surface area contributed by atoms with Gasteiger partial charge in [-0.05, 0) is 82.5 Å². The molecule has 0 bridgehead atoms. The maximum atomic E-state index is 9.46. The number of halogens is 2. The number of aromatic hydroxyl groups is 2. The van der Waals surface area contributed by atoms with E-state index in [0.29, 0.717) is 0 Å². The lowest BCUT2D eigenvalue weighted by Crippen LogP contribution is -2.26. The molecular formula is C20H38Br2N2O2. The molecule has 26 heavy (non-hydrogen) atoms. The van der Waals surface area contributed by atoms with E-state index in [2.05, 4.69) is 24.1 Å². The molecule has 0 unspecified atom stereocenters. The molecule has 0 amide bonds. The van der Waals surface area contributed by atoms with Gasteiger partial charge in [-0.25, -0.2) is 0 Å². The summed E-state index contributed by atoms with van der Waals surface area (Å²) in [5.74, 6) is -0.0872. The van der Waals surface area contributed by atoms with E-state index in [0.717, 1.165) is 25.1 Å². The number of nitrogens with one attached hydrogen (secondary N) is 1. The second kappa shape index (κ2) is 18.1. The summed E-state index contributed by atoms with van der Waals surface area (Å²) in [6, 6.07) is 5.04. The highest BCUT2D eigenvalue weighted by Crippen LogP contribution is 2.24. The smallest absolute Gasteiger partial charge is 0.157 e. The highest BCUT2D eigenvalue weighted by molar-refractivity contribution is 8.93. The van der Waals surface area contributed by atoms with Crippen LogP contribution in [-0.2, 0) is 6.42 Å². The Bertz CT molecular complexity index is 442. The summed E-state index contributed by atoms with van der Waals surface area (Å²) in [5.41, 5.74) is 1.05. The highest BCUT2D eigenvalue weighted by Gasteiger charge is 2.02. The summed E-state index contributed by atoms with van der Waals surface area (Å²) in [5, 5.41) is 22.2. The Morgan fingerprint density at radius 1 is 0.808 bits per heavy atom. The maximum absolute atomic E-state index is 9.46. The third kappa shape index (κ3) is 13.0. The molecule has 0 aliphatic rings. The Kier molecular flexibility index (Phi) is 19.4. The molecule has 0 spiro atoms. The Morgan fingerprint density at radius 3 is 2.08 bits per heavy atom. The molecule has 0 aromatic heterocycles. The van der Waals surface area contributed by atoms with E-state index in [1.807, 2.05) is 6.07 Å². The topological polar surface area (TPSA) is 55.7 Å². The third-order valence-electron chi connectivity index (χ3n) is 4.29. The molecule has 3 N–H and O–H groups in total. The Morgan fingerprint density at radius 2 is 1.46 bits per heavy atom. The highest BCUT2D eigenvalue weighted by atomic mass is 79.9. The van der Waals surface area contributed by atoms with Crippen molar-refractivity contribution in [1.82, 2.24) is 10.2 Å². The van der Waals surface area contributed by atoms with Crippen LogP contribution < -0.4 is 5.32 Å². The monoisotopic (exact) mass is 496 g/mol. The quantitative estimate of drug-likeness (QED) is 0.248. The second-order valence-electron chi connectivity index (χ2n) is 6.58. The van der Waals surface area contributed by atoms with Gasteiger partial charge in [0, 0.05) is 0 Å². The molecule has 1 rings (SSSR count). The van der Waals surface area contributed by atoms with Crippen LogP contribution in [0.4, 0.5) is 0 Å². The van der Waals surface area contributed by atoms with E-state index in [4.69, 9.17) is 0 Å². The fourth-order valence-corrected chi connectivity index (χ4v) is 2.99.